The van der Waals surface area contributed by atoms with Crippen molar-refractivity contribution in [2.24, 2.45) is 7.05 Å². The van der Waals surface area contributed by atoms with Crippen LogP contribution in [0.5, 0.6) is 0 Å². The SMILES string of the molecule is CCCNC1C(=O)Nc2cc(Sc3cnn(C)c3)ccc21. The van der Waals surface area contributed by atoms with E-state index in [2.05, 4.69) is 28.7 Å². The molecule has 1 atom stereocenters. The second-order valence-corrected chi connectivity index (χ2v) is 6.22. The summed E-state index contributed by atoms with van der Waals surface area (Å²) in [5, 5.41) is 10.4. The first-order valence-electron chi connectivity index (χ1n) is 7.02. The molecule has 3 rings (SSSR count). The molecule has 5 nitrogen and oxygen atoms in total. The molecule has 2 N–H and O–H groups in total. The molecule has 0 spiro atoms. The molecule has 0 saturated heterocycles. The van der Waals surface area contributed by atoms with E-state index in [-0.39, 0.29) is 11.9 Å². The average molecular weight is 302 g/mol. The number of rotatable bonds is 5. The zero-order valence-corrected chi connectivity index (χ0v) is 12.9. The van der Waals surface area contributed by atoms with Gasteiger partial charge < -0.3 is 10.6 Å². The molecule has 0 saturated carbocycles. The molecule has 0 bridgehead atoms. The molecule has 1 aromatic carbocycles. The fourth-order valence-electron chi connectivity index (χ4n) is 2.38. The predicted octanol–water partition coefficient (Wildman–Crippen LogP) is 2.56. The van der Waals surface area contributed by atoms with Crippen molar-refractivity contribution in [3.63, 3.8) is 0 Å². The predicted molar refractivity (Wildman–Crippen MR) is 83.4 cm³/mol. The number of anilines is 1. The van der Waals surface area contributed by atoms with Gasteiger partial charge in [0.05, 0.1) is 11.1 Å². The number of hydrogen-bond acceptors (Lipinski definition) is 4. The van der Waals surface area contributed by atoms with Gasteiger partial charge in [0.1, 0.15) is 6.04 Å². The van der Waals surface area contributed by atoms with Gasteiger partial charge in [0, 0.05) is 29.4 Å². The van der Waals surface area contributed by atoms with E-state index in [1.165, 1.54) is 0 Å². The molecular weight excluding hydrogens is 284 g/mol. The average Bonchev–Trinajstić information content (AvgIpc) is 2.99. The topological polar surface area (TPSA) is 59.0 Å². The van der Waals surface area contributed by atoms with Gasteiger partial charge in [-0.3, -0.25) is 9.48 Å². The van der Waals surface area contributed by atoms with Gasteiger partial charge in [-0.15, -0.1) is 0 Å². The Bertz CT molecular complexity index is 667. The van der Waals surface area contributed by atoms with Gasteiger partial charge >= 0.3 is 0 Å². The van der Waals surface area contributed by atoms with E-state index in [9.17, 15) is 4.79 Å². The molecule has 1 aliphatic heterocycles. The molecule has 0 aliphatic carbocycles. The third-order valence-corrected chi connectivity index (χ3v) is 4.31. The van der Waals surface area contributed by atoms with Crippen LogP contribution in [-0.4, -0.2) is 22.2 Å². The van der Waals surface area contributed by atoms with Crippen molar-refractivity contribution >= 4 is 23.4 Å². The summed E-state index contributed by atoms with van der Waals surface area (Å²) in [6.45, 7) is 2.93. The lowest BCUT2D eigenvalue weighted by Gasteiger charge is -2.10. The zero-order valence-electron chi connectivity index (χ0n) is 12.1. The molecular formula is C15H18N4OS. The number of nitrogens with one attached hydrogen (secondary N) is 2. The fraction of sp³-hybridized carbons (Fsp3) is 0.333. The van der Waals surface area contributed by atoms with Crippen LogP contribution in [0.25, 0.3) is 0 Å². The van der Waals surface area contributed by atoms with Crippen LogP contribution in [-0.2, 0) is 11.8 Å². The molecule has 110 valence electrons. The van der Waals surface area contributed by atoms with Gasteiger partial charge in [-0.1, -0.05) is 24.8 Å². The minimum Gasteiger partial charge on any atom is -0.324 e. The van der Waals surface area contributed by atoms with E-state index in [4.69, 9.17) is 0 Å². The largest absolute Gasteiger partial charge is 0.324 e. The van der Waals surface area contributed by atoms with Gasteiger partial charge in [-0.05, 0) is 25.1 Å². The second kappa shape index (κ2) is 5.91. The van der Waals surface area contributed by atoms with Crippen LogP contribution in [0.1, 0.15) is 24.9 Å². The Balaban J connectivity index is 1.79. The summed E-state index contributed by atoms with van der Waals surface area (Å²) in [6, 6.07) is 5.88. The first-order valence-corrected chi connectivity index (χ1v) is 7.83. The summed E-state index contributed by atoms with van der Waals surface area (Å²) >= 11 is 1.64. The fourth-order valence-corrected chi connectivity index (χ4v) is 3.27. The van der Waals surface area contributed by atoms with Crippen LogP contribution in [0.2, 0.25) is 0 Å². The molecule has 2 heterocycles. The molecule has 1 aromatic heterocycles. The molecule has 6 heteroatoms. The quantitative estimate of drug-likeness (QED) is 0.891. The number of aromatic nitrogens is 2. The minimum atomic E-state index is -0.225. The Hall–Kier alpha value is -1.79. The smallest absolute Gasteiger partial charge is 0.246 e. The highest BCUT2D eigenvalue weighted by Gasteiger charge is 2.29. The zero-order chi connectivity index (χ0) is 14.8. The van der Waals surface area contributed by atoms with Crippen molar-refractivity contribution < 1.29 is 4.79 Å². The number of fused-ring (bicyclic) bond motifs is 1. The Labute approximate surface area is 128 Å². The summed E-state index contributed by atoms with van der Waals surface area (Å²) < 4.78 is 1.78. The molecule has 0 radical (unpaired) electrons. The number of nitrogens with zero attached hydrogens (tertiary/aromatic N) is 2. The van der Waals surface area contributed by atoms with Crippen LogP contribution in [0, 0.1) is 0 Å². The lowest BCUT2D eigenvalue weighted by atomic mass is 10.1. The number of amides is 1. The van der Waals surface area contributed by atoms with Gasteiger partial charge in [0.15, 0.2) is 0 Å². The second-order valence-electron chi connectivity index (χ2n) is 5.08. The maximum absolute atomic E-state index is 12.0. The molecule has 1 unspecified atom stereocenters. The number of carbonyl (C=O) groups excluding carboxylic acids is 1. The van der Waals surface area contributed by atoms with E-state index in [0.29, 0.717) is 0 Å². The number of benzene rings is 1. The highest BCUT2D eigenvalue weighted by atomic mass is 32.2. The monoisotopic (exact) mass is 302 g/mol. The van der Waals surface area contributed by atoms with Crippen LogP contribution < -0.4 is 10.6 Å². The first-order chi connectivity index (χ1) is 10.2. The first kappa shape index (κ1) is 14.2. The Kier molecular flexibility index (Phi) is 3.98. The highest BCUT2D eigenvalue weighted by molar-refractivity contribution is 7.99. The molecule has 0 fully saturated rings. The summed E-state index contributed by atoms with van der Waals surface area (Å²) in [4.78, 5) is 14.2. The van der Waals surface area contributed by atoms with E-state index in [1.807, 2.05) is 31.6 Å². The lowest BCUT2D eigenvalue weighted by Crippen LogP contribution is -2.27. The third-order valence-electron chi connectivity index (χ3n) is 3.37. The van der Waals surface area contributed by atoms with Crippen molar-refractivity contribution in [2.75, 3.05) is 11.9 Å². The van der Waals surface area contributed by atoms with E-state index in [1.54, 1.807) is 16.4 Å². The third kappa shape index (κ3) is 2.96. The summed E-state index contributed by atoms with van der Waals surface area (Å²) in [5.74, 6) is 0.0296. The van der Waals surface area contributed by atoms with E-state index < -0.39 is 0 Å². The Morgan fingerprint density at radius 3 is 3.00 bits per heavy atom. The minimum absolute atomic E-state index is 0.0296. The van der Waals surface area contributed by atoms with Crippen molar-refractivity contribution in [1.82, 2.24) is 15.1 Å². The van der Waals surface area contributed by atoms with Gasteiger partial charge in [-0.25, -0.2) is 0 Å². The summed E-state index contributed by atoms with van der Waals surface area (Å²) in [7, 11) is 1.90. The normalized spacial score (nSPS) is 16.9. The van der Waals surface area contributed by atoms with Crippen molar-refractivity contribution in [3.8, 4) is 0 Å². The summed E-state index contributed by atoms with van der Waals surface area (Å²) in [5.41, 5.74) is 1.94. The summed E-state index contributed by atoms with van der Waals surface area (Å²) in [6.07, 6.45) is 4.82. The van der Waals surface area contributed by atoms with Crippen molar-refractivity contribution in [3.05, 3.63) is 36.2 Å². The standard InChI is InChI=1S/C15H18N4OS/c1-3-6-16-14-12-5-4-10(7-13(12)18-15(14)20)21-11-8-17-19(2)9-11/h4-5,7-9,14,16H,3,6H2,1-2H3,(H,18,20). The molecule has 1 aliphatic rings. The Morgan fingerprint density at radius 2 is 2.29 bits per heavy atom. The maximum atomic E-state index is 12.0. The van der Waals surface area contributed by atoms with E-state index >= 15 is 0 Å². The number of carbonyl (C=O) groups is 1. The van der Waals surface area contributed by atoms with Crippen molar-refractivity contribution in [1.29, 1.82) is 0 Å². The van der Waals surface area contributed by atoms with Gasteiger partial charge in [-0.2, -0.15) is 5.10 Å². The van der Waals surface area contributed by atoms with Gasteiger partial charge in [0.25, 0.3) is 0 Å². The van der Waals surface area contributed by atoms with Crippen LogP contribution in [0.4, 0.5) is 5.69 Å². The van der Waals surface area contributed by atoms with Gasteiger partial charge in [0.2, 0.25) is 5.91 Å². The maximum Gasteiger partial charge on any atom is 0.246 e. The van der Waals surface area contributed by atoms with Crippen LogP contribution in [0.3, 0.4) is 0 Å². The van der Waals surface area contributed by atoms with Crippen LogP contribution >= 0.6 is 11.8 Å². The number of hydrogen-bond donors (Lipinski definition) is 2. The highest BCUT2D eigenvalue weighted by Crippen LogP contribution is 2.36. The lowest BCUT2D eigenvalue weighted by molar-refractivity contribution is -0.117. The number of aryl methyl sites for hydroxylation is 1. The van der Waals surface area contributed by atoms with E-state index in [0.717, 1.165) is 34.0 Å². The van der Waals surface area contributed by atoms with Crippen LogP contribution in [0.15, 0.2) is 40.4 Å². The van der Waals surface area contributed by atoms with Crippen molar-refractivity contribution in [2.45, 2.75) is 29.2 Å². The molecule has 2 aromatic rings. The molecule has 21 heavy (non-hydrogen) atoms. The molecule has 1 amide bonds. The Morgan fingerprint density at radius 1 is 1.43 bits per heavy atom.